The minimum Gasteiger partial charge on any atom is -0.378 e. The fourth-order valence-corrected chi connectivity index (χ4v) is 4.07. The highest BCUT2D eigenvalue weighted by atomic mass is 14.9. The van der Waals surface area contributed by atoms with Crippen LogP contribution >= 0.6 is 0 Å². The molecule has 0 aromatic heterocycles. The molecule has 0 amide bonds. The topological polar surface area (TPSA) is 12.0 Å². The van der Waals surface area contributed by atoms with E-state index in [9.17, 15) is 0 Å². The highest BCUT2D eigenvalue weighted by molar-refractivity contribution is 5.60. The van der Waals surface area contributed by atoms with Crippen molar-refractivity contribution in [2.75, 3.05) is 5.32 Å². The second-order valence-corrected chi connectivity index (χ2v) is 6.87. The van der Waals surface area contributed by atoms with E-state index in [1.165, 1.54) is 27.9 Å². The van der Waals surface area contributed by atoms with Crippen LogP contribution in [0, 0.1) is 12.8 Å². The number of benzene rings is 3. The van der Waals surface area contributed by atoms with Crippen LogP contribution in [0.4, 0.5) is 5.69 Å². The largest absolute Gasteiger partial charge is 0.378 e. The smallest absolute Gasteiger partial charge is 0.0548 e. The molecule has 0 aliphatic carbocycles. The van der Waals surface area contributed by atoms with E-state index in [4.69, 9.17) is 0 Å². The Morgan fingerprint density at radius 3 is 2.25 bits per heavy atom. The Morgan fingerprint density at radius 2 is 1.46 bits per heavy atom. The fourth-order valence-electron chi connectivity index (χ4n) is 4.07. The Morgan fingerprint density at radius 1 is 0.750 bits per heavy atom. The first-order chi connectivity index (χ1) is 11.7. The lowest BCUT2D eigenvalue weighted by atomic mass is 9.73. The molecule has 0 saturated carbocycles. The Bertz CT molecular complexity index is 837. The zero-order valence-corrected chi connectivity index (χ0v) is 14.2. The molecular formula is C23H23N. The molecule has 1 heteroatoms. The van der Waals surface area contributed by atoms with E-state index in [1.807, 2.05) is 0 Å². The first kappa shape index (κ1) is 15.0. The van der Waals surface area contributed by atoms with Crippen molar-refractivity contribution < 1.29 is 0 Å². The van der Waals surface area contributed by atoms with Crippen molar-refractivity contribution in [2.24, 2.45) is 5.92 Å². The highest BCUT2D eigenvalue weighted by Gasteiger charge is 2.35. The van der Waals surface area contributed by atoms with Gasteiger partial charge in [-0.15, -0.1) is 0 Å². The number of hydrogen-bond donors (Lipinski definition) is 1. The third-order valence-corrected chi connectivity index (χ3v) is 5.22. The van der Waals surface area contributed by atoms with E-state index in [2.05, 4.69) is 98.0 Å². The van der Waals surface area contributed by atoms with Gasteiger partial charge in [0, 0.05) is 11.6 Å². The Balaban J connectivity index is 1.83. The summed E-state index contributed by atoms with van der Waals surface area (Å²) in [6, 6.07) is 28.9. The maximum Gasteiger partial charge on any atom is 0.0548 e. The second kappa shape index (κ2) is 6.16. The molecule has 24 heavy (non-hydrogen) atoms. The van der Waals surface area contributed by atoms with Crippen molar-refractivity contribution in [1.29, 1.82) is 0 Å². The van der Waals surface area contributed by atoms with Crippen molar-refractivity contribution in [1.82, 2.24) is 0 Å². The second-order valence-electron chi connectivity index (χ2n) is 6.87. The van der Waals surface area contributed by atoms with Gasteiger partial charge in [-0.3, -0.25) is 0 Å². The number of rotatable bonds is 2. The number of hydrogen-bond acceptors (Lipinski definition) is 1. The van der Waals surface area contributed by atoms with Gasteiger partial charge in [0.05, 0.1) is 6.04 Å². The zero-order valence-electron chi connectivity index (χ0n) is 14.2. The fraction of sp³-hybridized carbons (Fsp3) is 0.217. The summed E-state index contributed by atoms with van der Waals surface area (Å²) in [5.41, 5.74) is 6.75. The molecule has 0 radical (unpaired) electrons. The molecule has 0 saturated heterocycles. The number of fused-ring (bicyclic) bond motifs is 1. The van der Waals surface area contributed by atoms with Gasteiger partial charge in [-0.1, -0.05) is 85.3 Å². The highest BCUT2D eigenvalue weighted by Crippen LogP contribution is 2.47. The summed E-state index contributed by atoms with van der Waals surface area (Å²) in [4.78, 5) is 0. The molecule has 120 valence electrons. The van der Waals surface area contributed by atoms with Crippen LogP contribution in [0.15, 0.2) is 78.9 Å². The molecule has 4 rings (SSSR count). The lowest BCUT2D eigenvalue weighted by Crippen LogP contribution is -2.30. The van der Waals surface area contributed by atoms with Gasteiger partial charge in [0.15, 0.2) is 0 Å². The van der Waals surface area contributed by atoms with Crippen molar-refractivity contribution in [3.63, 3.8) is 0 Å². The summed E-state index contributed by atoms with van der Waals surface area (Å²) in [6.45, 7) is 4.53. The summed E-state index contributed by atoms with van der Waals surface area (Å²) >= 11 is 0. The molecule has 1 aliphatic rings. The molecule has 1 nitrogen and oxygen atoms in total. The van der Waals surface area contributed by atoms with Gasteiger partial charge in [-0.2, -0.15) is 0 Å². The summed E-state index contributed by atoms with van der Waals surface area (Å²) in [7, 11) is 0. The monoisotopic (exact) mass is 313 g/mol. The van der Waals surface area contributed by atoms with Crippen molar-refractivity contribution in [3.8, 4) is 0 Å². The SMILES string of the molecule is Cc1cccc([C@H]2Nc3ccccc3[C@@H](c3ccccc3)[C@H]2C)c1. The van der Waals surface area contributed by atoms with E-state index in [-0.39, 0.29) is 0 Å². The van der Waals surface area contributed by atoms with Gasteiger partial charge in [0.1, 0.15) is 0 Å². The van der Waals surface area contributed by atoms with Crippen LogP contribution in [0.25, 0.3) is 0 Å². The molecule has 1 aliphatic heterocycles. The molecular weight excluding hydrogens is 290 g/mol. The van der Waals surface area contributed by atoms with Crippen LogP contribution in [0.2, 0.25) is 0 Å². The lowest BCUT2D eigenvalue weighted by Gasteiger charge is -2.39. The van der Waals surface area contributed by atoms with E-state index in [0.717, 1.165) is 0 Å². The minimum absolute atomic E-state index is 0.324. The summed E-state index contributed by atoms with van der Waals surface area (Å²) in [6.07, 6.45) is 0. The Hall–Kier alpha value is -2.54. The van der Waals surface area contributed by atoms with Gasteiger partial charge >= 0.3 is 0 Å². The van der Waals surface area contributed by atoms with Crippen LogP contribution in [-0.4, -0.2) is 0 Å². The first-order valence-corrected chi connectivity index (χ1v) is 8.71. The van der Waals surface area contributed by atoms with Crippen LogP contribution in [0.5, 0.6) is 0 Å². The van der Waals surface area contributed by atoms with Gasteiger partial charge in [-0.25, -0.2) is 0 Å². The summed E-state index contributed by atoms with van der Waals surface area (Å²) < 4.78 is 0. The Kier molecular flexibility index (Phi) is 3.86. The number of nitrogens with one attached hydrogen (secondary N) is 1. The quantitative estimate of drug-likeness (QED) is 0.618. The number of para-hydroxylation sites is 1. The van der Waals surface area contributed by atoms with Gasteiger partial charge in [0.2, 0.25) is 0 Å². The van der Waals surface area contributed by atoms with E-state index < -0.39 is 0 Å². The van der Waals surface area contributed by atoms with Crippen molar-refractivity contribution >= 4 is 5.69 Å². The van der Waals surface area contributed by atoms with Crippen molar-refractivity contribution in [3.05, 3.63) is 101 Å². The van der Waals surface area contributed by atoms with Crippen LogP contribution in [0.3, 0.4) is 0 Å². The molecule has 3 atom stereocenters. The minimum atomic E-state index is 0.324. The molecule has 1 heterocycles. The van der Waals surface area contributed by atoms with Crippen LogP contribution < -0.4 is 5.32 Å². The molecule has 1 N–H and O–H groups in total. The molecule has 0 unspecified atom stereocenters. The van der Waals surface area contributed by atoms with Gasteiger partial charge < -0.3 is 5.32 Å². The number of anilines is 1. The predicted molar refractivity (Wildman–Crippen MR) is 101 cm³/mol. The van der Waals surface area contributed by atoms with Crippen LogP contribution in [0.1, 0.15) is 41.1 Å². The molecule has 3 aromatic carbocycles. The van der Waals surface area contributed by atoms with Crippen LogP contribution in [-0.2, 0) is 0 Å². The third-order valence-electron chi connectivity index (χ3n) is 5.22. The summed E-state index contributed by atoms with van der Waals surface area (Å²) in [5.74, 6) is 0.887. The summed E-state index contributed by atoms with van der Waals surface area (Å²) in [5, 5.41) is 3.79. The lowest BCUT2D eigenvalue weighted by molar-refractivity contribution is 0.428. The molecule has 0 bridgehead atoms. The van der Waals surface area contributed by atoms with Crippen molar-refractivity contribution in [2.45, 2.75) is 25.8 Å². The maximum atomic E-state index is 3.79. The van der Waals surface area contributed by atoms with E-state index >= 15 is 0 Å². The van der Waals surface area contributed by atoms with E-state index in [0.29, 0.717) is 17.9 Å². The molecule has 3 aromatic rings. The predicted octanol–water partition coefficient (Wildman–Crippen LogP) is 5.93. The maximum absolute atomic E-state index is 3.79. The van der Waals surface area contributed by atoms with Gasteiger partial charge in [0.25, 0.3) is 0 Å². The normalized spacial score (nSPS) is 22.5. The standard InChI is InChI=1S/C23H23N/c1-16-9-8-12-19(15-16)23-17(2)22(18-10-4-3-5-11-18)20-13-6-7-14-21(20)24-23/h3-15,17,22-24H,1-2H3/t17-,22-,23+/m1/s1. The zero-order chi connectivity index (χ0) is 16.5. The molecule has 0 spiro atoms. The van der Waals surface area contributed by atoms with Gasteiger partial charge in [-0.05, 0) is 35.6 Å². The average Bonchev–Trinajstić information content (AvgIpc) is 2.62. The first-order valence-electron chi connectivity index (χ1n) is 8.71. The average molecular weight is 313 g/mol. The molecule has 0 fully saturated rings. The Labute approximate surface area is 144 Å². The van der Waals surface area contributed by atoms with E-state index in [1.54, 1.807) is 0 Å². The third kappa shape index (κ3) is 2.60. The number of aryl methyl sites for hydroxylation is 1.